The van der Waals surface area contributed by atoms with Crippen LogP contribution < -0.4 is 0 Å². The Morgan fingerprint density at radius 1 is 1.12 bits per heavy atom. The maximum Gasteiger partial charge on any atom is 0.0609 e. The molecule has 1 heterocycles. The molecule has 100 valence electrons. The van der Waals surface area contributed by atoms with Crippen molar-refractivity contribution >= 4 is 8.80 Å². The molecule has 1 aliphatic heterocycles. The van der Waals surface area contributed by atoms with Gasteiger partial charge in [-0.05, 0) is 39.8 Å². The highest BCUT2D eigenvalue weighted by Gasteiger charge is 2.17. The van der Waals surface area contributed by atoms with E-state index in [2.05, 4.69) is 38.3 Å². The molecule has 0 aromatic heterocycles. The van der Waals surface area contributed by atoms with Gasteiger partial charge in [0, 0.05) is 6.04 Å². The first-order valence-electron chi connectivity index (χ1n) is 7.61. The molecule has 1 rings (SSSR count). The third kappa shape index (κ3) is 4.97. The lowest BCUT2D eigenvalue weighted by Crippen LogP contribution is -2.35. The fourth-order valence-corrected chi connectivity index (χ4v) is 4.88. The van der Waals surface area contributed by atoms with Gasteiger partial charge in [0.05, 0.1) is 8.80 Å². The van der Waals surface area contributed by atoms with Crippen molar-refractivity contribution < 1.29 is 0 Å². The molecule has 0 radical (unpaired) electrons. The Bertz CT molecular complexity index is 225. The molecule has 0 spiro atoms. The summed E-state index contributed by atoms with van der Waals surface area (Å²) in [4.78, 5) is 2.70. The van der Waals surface area contributed by atoms with Crippen LogP contribution in [0.15, 0.2) is 11.3 Å². The lowest BCUT2D eigenvalue weighted by Gasteiger charge is -2.29. The van der Waals surface area contributed by atoms with Gasteiger partial charge in [-0.2, -0.15) is 0 Å². The maximum atomic E-state index is 2.70. The van der Waals surface area contributed by atoms with Gasteiger partial charge in [0.2, 0.25) is 0 Å². The Hall–Kier alpha value is -0.0831. The molecule has 1 nitrogen and oxygen atoms in total. The lowest BCUT2D eigenvalue weighted by molar-refractivity contribution is 0.242. The molecule has 17 heavy (non-hydrogen) atoms. The monoisotopic (exact) mass is 253 g/mol. The summed E-state index contributed by atoms with van der Waals surface area (Å²) in [5.41, 5.74) is 4.31. The van der Waals surface area contributed by atoms with E-state index in [1.807, 2.05) is 0 Å². The van der Waals surface area contributed by atoms with Gasteiger partial charge >= 0.3 is 0 Å². The zero-order chi connectivity index (χ0) is 12.7. The number of nitrogens with zero attached hydrogens (tertiary/aromatic N) is 1. The van der Waals surface area contributed by atoms with Crippen LogP contribution in [-0.2, 0) is 0 Å². The second-order valence-corrected chi connectivity index (χ2v) is 9.10. The van der Waals surface area contributed by atoms with Crippen molar-refractivity contribution in [1.29, 1.82) is 0 Å². The lowest BCUT2D eigenvalue weighted by atomic mass is 10.1. The van der Waals surface area contributed by atoms with Crippen molar-refractivity contribution in [1.82, 2.24) is 4.90 Å². The molecular weight excluding hydrogens is 222 g/mol. The standard InChI is InChI=1S/C15H31NSi/c1-5-17(6-2)13-14(3)15(4)16-11-9-7-8-10-12-16/h13,15,17H,5-12H2,1-4H3. The zero-order valence-corrected chi connectivity index (χ0v) is 13.5. The van der Waals surface area contributed by atoms with E-state index in [1.165, 1.54) is 50.9 Å². The summed E-state index contributed by atoms with van der Waals surface area (Å²) in [5, 5.41) is 0. The SMILES string of the molecule is CC[SiH](C=C(C)C(C)N1CCCCCC1)CC. The number of hydrogen-bond donors (Lipinski definition) is 0. The van der Waals surface area contributed by atoms with E-state index in [9.17, 15) is 0 Å². The number of likely N-dealkylation sites (tertiary alicyclic amines) is 1. The van der Waals surface area contributed by atoms with Crippen LogP contribution in [0.3, 0.4) is 0 Å². The summed E-state index contributed by atoms with van der Waals surface area (Å²) in [5.74, 6) is 0. The summed E-state index contributed by atoms with van der Waals surface area (Å²) >= 11 is 0. The van der Waals surface area contributed by atoms with E-state index in [0.717, 1.165) is 0 Å². The summed E-state index contributed by atoms with van der Waals surface area (Å²) < 4.78 is 0. The Morgan fingerprint density at radius 3 is 2.12 bits per heavy atom. The molecule has 2 heteroatoms. The average molecular weight is 254 g/mol. The van der Waals surface area contributed by atoms with Crippen molar-refractivity contribution in [2.45, 2.75) is 71.5 Å². The smallest absolute Gasteiger partial charge is 0.0609 e. The number of hydrogen-bond acceptors (Lipinski definition) is 1. The van der Waals surface area contributed by atoms with E-state index in [-0.39, 0.29) is 0 Å². The van der Waals surface area contributed by atoms with Crippen LogP contribution in [0.4, 0.5) is 0 Å². The molecular formula is C15H31NSi. The Morgan fingerprint density at radius 2 is 1.65 bits per heavy atom. The van der Waals surface area contributed by atoms with Gasteiger partial charge in [0.15, 0.2) is 0 Å². The highest BCUT2D eigenvalue weighted by Crippen LogP contribution is 2.17. The van der Waals surface area contributed by atoms with Crippen molar-refractivity contribution in [2.75, 3.05) is 13.1 Å². The van der Waals surface area contributed by atoms with Gasteiger partial charge in [0.25, 0.3) is 0 Å². The maximum absolute atomic E-state index is 2.70. The molecule has 0 N–H and O–H groups in total. The van der Waals surface area contributed by atoms with E-state index in [4.69, 9.17) is 0 Å². The minimum Gasteiger partial charge on any atom is -0.297 e. The fraction of sp³-hybridized carbons (Fsp3) is 0.867. The molecule has 1 saturated heterocycles. The second kappa shape index (κ2) is 8.10. The fourth-order valence-electron chi connectivity index (χ4n) is 2.81. The largest absolute Gasteiger partial charge is 0.297 e. The van der Waals surface area contributed by atoms with Crippen LogP contribution in [0.1, 0.15) is 53.4 Å². The minimum absolute atomic E-state index is 0.560. The second-order valence-electron chi connectivity index (χ2n) is 5.61. The summed E-state index contributed by atoms with van der Waals surface area (Å²) in [6.07, 6.45) is 5.68. The normalized spacial score (nSPS) is 21.6. The zero-order valence-electron chi connectivity index (χ0n) is 12.3. The first kappa shape index (κ1) is 15.0. The van der Waals surface area contributed by atoms with Crippen molar-refractivity contribution in [3.63, 3.8) is 0 Å². The molecule has 0 aliphatic carbocycles. The summed E-state index contributed by atoms with van der Waals surface area (Å²) in [7, 11) is -0.560. The predicted molar refractivity (Wildman–Crippen MR) is 81.4 cm³/mol. The Labute approximate surface area is 110 Å². The van der Waals surface area contributed by atoms with Gasteiger partial charge in [-0.15, -0.1) is 0 Å². The molecule has 1 atom stereocenters. The van der Waals surface area contributed by atoms with Gasteiger partial charge < -0.3 is 0 Å². The first-order valence-corrected chi connectivity index (χ1v) is 9.91. The molecule has 1 aliphatic rings. The van der Waals surface area contributed by atoms with Crippen LogP contribution in [0.25, 0.3) is 0 Å². The highest BCUT2D eigenvalue weighted by molar-refractivity contribution is 6.64. The van der Waals surface area contributed by atoms with Crippen LogP contribution in [0.2, 0.25) is 12.1 Å². The third-order valence-corrected chi connectivity index (χ3v) is 7.49. The van der Waals surface area contributed by atoms with Gasteiger partial charge in [-0.3, -0.25) is 4.90 Å². The third-order valence-electron chi connectivity index (χ3n) is 4.39. The summed E-state index contributed by atoms with van der Waals surface area (Å²) in [6, 6.07) is 3.52. The van der Waals surface area contributed by atoms with E-state index < -0.39 is 8.80 Å². The molecule has 1 unspecified atom stereocenters. The topological polar surface area (TPSA) is 3.24 Å². The molecule has 0 bridgehead atoms. The molecule has 0 amide bonds. The Balaban J connectivity index is 2.56. The predicted octanol–water partition coefficient (Wildman–Crippen LogP) is 4.00. The highest BCUT2D eigenvalue weighted by atomic mass is 28.3. The van der Waals surface area contributed by atoms with Gasteiger partial charge in [-0.25, -0.2) is 0 Å². The first-order chi connectivity index (χ1) is 8.19. The molecule has 0 aromatic carbocycles. The molecule has 0 aromatic rings. The number of rotatable bonds is 5. The molecule has 0 saturated carbocycles. The van der Waals surface area contributed by atoms with Crippen molar-refractivity contribution in [2.24, 2.45) is 0 Å². The summed E-state index contributed by atoms with van der Waals surface area (Å²) in [6.45, 7) is 12.1. The van der Waals surface area contributed by atoms with E-state index in [1.54, 1.807) is 5.57 Å². The van der Waals surface area contributed by atoms with Crippen molar-refractivity contribution in [3.05, 3.63) is 11.3 Å². The van der Waals surface area contributed by atoms with Crippen molar-refractivity contribution in [3.8, 4) is 0 Å². The molecule has 1 fully saturated rings. The van der Waals surface area contributed by atoms with Crippen LogP contribution >= 0.6 is 0 Å². The van der Waals surface area contributed by atoms with E-state index >= 15 is 0 Å². The minimum atomic E-state index is -0.560. The Kier molecular flexibility index (Phi) is 7.13. The average Bonchev–Trinajstić information content (AvgIpc) is 2.63. The van der Waals surface area contributed by atoms with Crippen LogP contribution in [0, 0.1) is 0 Å². The van der Waals surface area contributed by atoms with Gasteiger partial charge in [0.1, 0.15) is 0 Å². The quantitative estimate of drug-likeness (QED) is 0.669. The van der Waals surface area contributed by atoms with E-state index in [0.29, 0.717) is 6.04 Å². The van der Waals surface area contributed by atoms with Gasteiger partial charge in [-0.1, -0.05) is 50.0 Å². The van der Waals surface area contributed by atoms with Crippen LogP contribution in [0.5, 0.6) is 0 Å². The van der Waals surface area contributed by atoms with Crippen LogP contribution in [-0.4, -0.2) is 32.8 Å².